The van der Waals surface area contributed by atoms with Gasteiger partial charge in [-0.3, -0.25) is 4.98 Å². The minimum Gasteiger partial charge on any atom is -0.354 e. The standard InChI is InChI=1S/C44H40N4/c1-43(2,3)32-25-30(24-31(26-32)38-27-29(22-23-45-38)28-14-8-7-9-15-28)33-17-13-21-39-41(33)47-42(48(39)44(4,5)6)36-19-12-18-35-34-16-10-11-20-37(34)46-40(35)36/h7-27,46H,1-6H3. The molecule has 0 aliphatic carbocycles. The van der Waals surface area contributed by atoms with Gasteiger partial charge in [-0.25, -0.2) is 4.98 Å². The van der Waals surface area contributed by atoms with Crippen molar-refractivity contribution in [3.63, 3.8) is 0 Å². The fourth-order valence-corrected chi connectivity index (χ4v) is 7.01. The average molecular weight is 625 g/mol. The number of hydrogen-bond donors (Lipinski definition) is 1. The number of para-hydroxylation sites is 3. The molecule has 3 heterocycles. The van der Waals surface area contributed by atoms with Crippen LogP contribution in [0, 0.1) is 0 Å². The summed E-state index contributed by atoms with van der Waals surface area (Å²) in [5.41, 5.74) is 13.1. The van der Waals surface area contributed by atoms with Gasteiger partial charge in [-0.15, -0.1) is 0 Å². The Labute approximate surface area is 282 Å². The van der Waals surface area contributed by atoms with E-state index in [1.165, 1.54) is 21.9 Å². The fraction of sp³-hybridized carbons (Fsp3) is 0.182. The van der Waals surface area contributed by atoms with Gasteiger partial charge in [0, 0.05) is 44.7 Å². The second kappa shape index (κ2) is 11.1. The summed E-state index contributed by atoms with van der Waals surface area (Å²) in [6.45, 7) is 13.6. The molecule has 8 rings (SSSR count). The number of H-pyrrole nitrogens is 1. The summed E-state index contributed by atoms with van der Waals surface area (Å²) in [4.78, 5) is 14.1. The highest BCUT2D eigenvalue weighted by Gasteiger charge is 2.26. The normalized spacial score (nSPS) is 12.4. The van der Waals surface area contributed by atoms with Crippen LogP contribution in [0.4, 0.5) is 0 Å². The van der Waals surface area contributed by atoms with E-state index in [-0.39, 0.29) is 11.0 Å². The topological polar surface area (TPSA) is 46.5 Å². The lowest BCUT2D eigenvalue weighted by atomic mass is 9.83. The number of aromatic nitrogens is 4. The predicted octanol–water partition coefficient (Wildman–Crippen LogP) is 11.8. The van der Waals surface area contributed by atoms with Crippen molar-refractivity contribution >= 4 is 32.8 Å². The number of imidazole rings is 1. The highest BCUT2D eigenvalue weighted by Crippen LogP contribution is 2.41. The van der Waals surface area contributed by atoms with E-state index in [4.69, 9.17) is 9.97 Å². The molecule has 1 N–H and O–H groups in total. The lowest BCUT2D eigenvalue weighted by Gasteiger charge is -2.25. The van der Waals surface area contributed by atoms with E-state index in [9.17, 15) is 0 Å². The third-order valence-corrected chi connectivity index (χ3v) is 9.41. The number of nitrogens with zero attached hydrogens (tertiary/aromatic N) is 3. The second-order valence-corrected chi connectivity index (χ2v) is 14.9. The first-order valence-electron chi connectivity index (χ1n) is 16.8. The van der Waals surface area contributed by atoms with Crippen molar-refractivity contribution in [2.24, 2.45) is 0 Å². The van der Waals surface area contributed by atoms with Crippen molar-refractivity contribution in [2.75, 3.05) is 0 Å². The summed E-state index contributed by atoms with van der Waals surface area (Å²) in [6.07, 6.45) is 1.92. The molecular formula is C44H40N4. The molecule has 4 heteroatoms. The summed E-state index contributed by atoms with van der Waals surface area (Å²) in [5.74, 6) is 0.964. The van der Waals surface area contributed by atoms with Gasteiger partial charge < -0.3 is 9.55 Å². The van der Waals surface area contributed by atoms with E-state index in [0.717, 1.165) is 61.4 Å². The SMILES string of the molecule is CC(C)(C)c1cc(-c2cc(-c3ccccc3)ccn2)cc(-c2cccc3c2nc(-c2cccc4c2[nH]c2ccccc24)n3C(C)(C)C)c1. The number of benzene rings is 5. The fourth-order valence-electron chi connectivity index (χ4n) is 7.01. The van der Waals surface area contributed by atoms with E-state index < -0.39 is 0 Å². The van der Waals surface area contributed by atoms with Gasteiger partial charge in [-0.2, -0.15) is 0 Å². The van der Waals surface area contributed by atoms with E-state index in [0.29, 0.717) is 0 Å². The number of aromatic amines is 1. The van der Waals surface area contributed by atoms with Gasteiger partial charge in [-0.1, -0.05) is 99.6 Å². The minimum absolute atomic E-state index is 0.0586. The van der Waals surface area contributed by atoms with Crippen LogP contribution >= 0.6 is 0 Å². The van der Waals surface area contributed by atoms with Gasteiger partial charge in [-0.05, 0) is 90.9 Å². The van der Waals surface area contributed by atoms with Crippen LogP contribution in [0.15, 0.2) is 128 Å². The van der Waals surface area contributed by atoms with Crippen LogP contribution in [-0.4, -0.2) is 19.5 Å². The molecule has 0 aliphatic rings. The van der Waals surface area contributed by atoms with Gasteiger partial charge in [0.05, 0.1) is 22.2 Å². The Hall–Kier alpha value is -5.48. The number of pyridine rings is 1. The Morgan fingerprint density at radius 3 is 2.08 bits per heavy atom. The molecule has 0 spiro atoms. The Kier molecular flexibility index (Phi) is 6.89. The largest absolute Gasteiger partial charge is 0.354 e. The molecule has 4 nitrogen and oxygen atoms in total. The highest BCUT2D eigenvalue weighted by atomic mass is 15.1. The summed E-state index contributed by atoms with van der Waals surface area (Å²) in [6, 6.07) is 43.4. The molecule has 48 heavy (non-hydrogen) atoms. The molecule has 0 aliphatic heterocycles. The smallest absolute Gasteiger partial charge is 0.143 e. The first kappa shape index (κ1) is 29.9. The van der Waals surface area contributed by atoms with E-state index in [1.807, 2.05) is 6.20 Å². The first-order valence-corrected chi connectivity index (χ1v) is 16.8. The maximum absolute atomic E-state index is 5.52. The van der Waals surface area contributed by atoms with Crippen molar-refractivity contribution in [3.8, 4) is 44.9 Å². The molecule has 236 valence electrons. The molecular weight excluding hydrogens is 585 g/mol. The predicted molar refractivity (Wildman–Crippen MR) is 202 cm³/mol. The number of hydrogen-bond acceptors (Lipinski definition) is 2. The van der Waals surface area contributed by atoms with Crippen molar-refractivity contribution < 1.29 is 0 Å². The van der Waals surface area contributed by atoms with Crippen LogP contribution in [0.1, 0.15) is 47.1 Å². The monoisotopic (exact) mass is 624 g/mol. The Morgan fingerprint density at radius 2 is 1.29 bits per heavy atom. The molecule has 0 saturated heterocycles. The third kappa shape index (κ3) is 5.09. The molecule has 0 saturated carbocycles. The first-order chi connectivity index (χ1) is 23.1. The molecule has 0 bridgehead atoms. The number of fused-ring (bicyclic) bond motifs is 4. The number of nitrogens with one attached hydrogen (secondary N) is 1. The lowest BCUT2D eigenvalue weighted by molar-refractivity contribution is 0.413. The summed E-state index contributed by atoms with van der Waals surface area (Å²) >= 11 is 0. The van der Waals surface area contributed by atoms with Gasteiger partial charge in [0.2, 0.25) is 0 Å². The summed E-state index contributed by atoms with van der Waals surface area (Å²) < 4.78 is 2.41. The second-order valence-electron chi connectivity index (χ2n) is 14.9. The highest BCUT2D eigenvalue weighted by molar-refractivity contribution is 6.12. The third-order valence-electron chi connectivity index (χ3n) is 9.41. The molecule has 8 aromatic rings. The van der Waals surface area contributed by atoms with Gasteiger partial charge in [0.15, 0.2) is 0 Å². The summed E-state index contributed by atoms with van der Waals surface area (Å²) in [5, 5.41) is 2.44. The zero-order chi connectivity index (χ0) is 33.2. The van der Waals surface area contributed by atoms with Crippen molar-refractivity contribution in [2.45, 2.75) is 52.5 Å². The van der Waals surface area contributed by atoms with Crippen LogP contribution in [-0.2, 0) is 11.0 Å². The van der Waals surface area contributed by atoms with Gasteiger partial charge >= 0.3 is 0 Å². The lowest BCUT2D eigenvalue weighted by Crippen LogP contribution is -2.22. The maximum Gasteiger partial charge on any atom is 0.143 e. The van der Waals surface area contributed by atoms with E-state index in [2.05, 4.69) is 172 Å². The average Bonchev–Trinajstić information content (AvgIpc) is 3.67. The maximum atomic E-state index is 5.52. The van der Waals surface area contributed by atoms with E-state index in [1.54, 1.807) is 0 Å². The number of rotatable bonds is 4. The van der Waals surface area contributed by atoms with E-state index >= 15 is 0 Å². The van der Waals surface area contributed by atoms with Gasteiger partial charge in [0.1, 0.15) is 5.82 Å². The summed E-state index contributed by atoms with van der Waals surface area (Å²) in [7, 11) is 0. The molecule has 0 atom stereocenters. The molecule has 0 amide bonds. The Morgan fingerprint density at radius 1 is 0.583 bits per heavy atom. The van der Waals surface area contributed by atoms with Crippen molar-refractivity contribution in [1.29, 1.82) is 0 Å². The molecule has 0 unspecified atom stereocenters. The quantitative estimate of drug-likeness (QED) is 0.212. The Balaban J connectivity index is 1.36. The van der Waals surface area contributed by atoms with Crippen molar-refractivity contribution in [1.82, 2.24) is 19.5 Å². The minimum atomic E-state index is -0.211. The van der Waals surface area contributed by atoms with Crippen LogP contribution in [0.5, 0.6) is 0 Å². The molecule has 0 fully saturated rings. The zero-order valence-electron chi connectivity index (χ0n) is 28.5. The van der Waals surface area contributed by atoms with Crippen LogP contribution in [0.3, 0.4) is 0 Å². The van der Waals surface area contributed by atoms with Crippen LogP contribution in [0.2, 0.25) is 0 Å². The van der Waals surface area contributed by atoms with Crippen molar-refractivity contribution in [3.05, 3.63) is 133 Å². The van der Waals surface area contributed by atoms with Crippen LogP contribution in [0.25, 0.3) is 77.7 Å². The molecule has 5 aromatic carbocycles. The molecule has 0 radical (unpaired) electrons. The zero-order valence-corrected chi connectivity index (χ0v) is 28.5. The van der Waals surface area contributed by atoms with Gasteiger partial charge in [0.25, 0.3) is 0 Å². The molecule has 3 aromatic heterocycles. The Bertz CT molecular complexity index is 2470. The van der Waals surface area contributed by atoms with Crippen LogP contribution < -0.4 is 0 Å².